The van der Waals surface area contributed by atoms with Gasteiger partial charge in [-0.2, -0.15) is 0 Å². The zero-order chi connectivity index (χ0) is 6.53. The fourth-order valence-corrected chi connectivity index (χ4v) is 2.80. The molecule has 0 amide bonds. The minimum atomic E-state index is -0.801. The molecular weight excluding hydrogens is 219 g/mol. The van der Waals surface area contributed by atoms with Crippen LogP contribution in [0.2, 0.25) is 0 Å². The molecular formula is C6H5InO2. The van der Waals surface area contributed by atoms with Crippen LogP contribution < -0.4 is 0 Å². The molecule has 1 heterocycles. The van der Waals surface area contributed by atoms with Gasteiger partial charge in [-0.25, -0.2) is 0 Å². The SMILES string of the molecule is O=CO[C]1=[In][CH]=CC=C1. The number of rotatable bonds is 2. The Morgan fingerprint density at radius 1 is 1.56 bits per heavy atom. The summed E-state index contributed by atoms with van der Waals surface area (Å²) >= 11 is -0.801. The van der Waals surface area contributed by atoms with Crippen molar-refractivity contribution in [1.82, 2.24) is 0 Å². The monoisotopic (exact) mass is 224 g/mol. The van der Waals surface area contributed by atoms with Gasteiger partial charge in [-0.3, -0.25) is 0 Å². The standard InChI is InChI=1S/C6H5O2.In/c1-2-3-4-5-8-6-7;/h1-4,6H;. The first-order valence-electron chi connectivity index (χ1n) is 2.59. The molecule has 0 fully saturated rings. The third-order valence-corrected chi connectivity index (χ3v) is 3.99. The molecule has 1 aliphatic heterocycles. The van der Waals surface area contributed by atoms with E-state index in [2.05, 4.69) is 8.57 Å². The number of hydrogen-bond donors (Lipinski definition) is 0. The van der Waals surface area contributed by atoms with Gasteiger partial charge in [-0.15, -0.1) is 0 Å². The molecule has 0 saturated carbocycles. The molecule has 0 N–H and O–H groups in total. The molecule has 44 valence electrons. The van der Waals surface area contributed by atoms with Gasteiger partial charge >= 0.3 is 63.9 Å². The van der Waals surface area contributed by atoms with E-state index in [1.807, 2.05) is 18.2 Å². The number of ether oxygens (including phenoxy) is 1. The summed E-state index contributed by atoms with van der Waals surface area (Å²) in [5.41, 5.74) is 0. The third kappa shape index (κ3) is 2.18. The molecule has 0 saturated heterocycles. The van der Waals surface area contributed by atoms with Crippen molar-refractivity contribution >= 4 is 32.3 Å². The van der Waals surface area contributed by atoms with Crippen molar-refractivity contribution in [3.05, 3.63) is 22.1 Å². The molecule has 0 radical (unpaired) electrons. The summed E-state index contributed by atoms with van der Waals surface area (Å²) in [6.45, 7) is 0.491. The quantitative estimate of drug-likeness (QED) is 0.620. The van der Waals surface area contributed by atoms with Crippen LogP contribution in [-0.4, -0.2) is 32.3 Å². The van der Waals surface area contributed by atoms with Gasteiger partial charge in [0, 0.05) is 0 Å². The van der Waals surface area contributed by atoms with E-state index in [4.69, 9.17) is 0 Å². The van der Waals surface area contributed by atoms with Crippen LogP contribution in [0.5, 0.6) is 0 Å². The molecule has 0 spiro atoms. The third-order valence-electron chi connectivity index (χ3n) is 0.927. The molecule has 0 aliphatic carbocycles. The van der Waals surface area contributed by atoms with Gasteiger partial charge in [0.25, 0.3) is 0 Å². The van der Waals surface area contributed by atoms with E-state index in [1.165, 1.54) is 0 Å². The van der Waals surface area contributed by atoms with E-state index < -0.39 is 22.4 Å². The fourth-order valence-electron chi connectivity index (χ4n) is 0.555. The second-order valence-corrected chi connectivity index (χ2v) is 5.20. The molecule has 9 heavy (non-hydrogen) atoms. The fraction of sp³-hybridized carbons (Fsp3) is 0. The average molecular weight is 224 g/mol. The van der Waals surface area contributed by atoms with Gasteiger partial charge in [0.1, 0.15) is 0 Å². The van der Waals surface area contributed by atoms with Crippen molar-refractivity contribution in [2.24, 2.45) is 0 Å². The van der Waals surface area contributed by atoms with E-state index in [-0.39, 0.29) is 0 Å². The van der Waals surface area contributed by atoms with E-state index in [0.717, 1.165) is 3.44 Å². The molecule has 0 aromatic carbocycles. The molecule has 0 aromatic heterocycles. The Balaban J connectivity index is 2.60. The maximum atomic E-state index is 9.80. The van der Waals surface area contributed by atoms with Gasteiger partial charge in [0.2, 0.25) is 0 Å². The summed E-state index contributed by atoms with van der Waals surface area (Å²) in [5, 5.41) is 0. The zero-order valence-corrected chi connectivity index (χ0v) is 8.08. The van der Waals surface area contributed by atoms with Gasteiger partial charge in [0.05, 0.1) is 0 Å². The first kappa shape index (κ1) is 6.81. The van der Waals surface area contributed by atoms with Crippen LogP contribution in [0.3, 0.4) is 0 Å². The van der Waals surface area contributed by atoms with Crippen LogP contribution in [0.25, 0.3) is 0 Å². The number of carbonyl (C=O) groups is 1. The Hall–Kier alpha value is -0.310. The first-order valence-corrected chi connectivity index (χ1v) is 6.14. The van der Waals surface area contributed by atoms with Crippen LogP contribution in [0.1, 0.15) is 0 Å². The molecule has 0 atom stereocenters. The Bertz CT molecular complexity index is 191. The van der Waals surface area contributed by atoms with Crippen molar-refractivity contribution in [3.8, 4) is 0 Å². The summed E-state index contributed by atoms with van der Waals surface area (Å²) in [6.07, 6.45) is 5.74. The molecule has 0 bridgehead atoms. The van der Waals surface area contributed by atoms with Crippen LogP contribution in [0, 0.1) is 0 Å². The Morgan fingerprint density at radius 2 is 2.44 bits per heavy atom. The van der Waals surface area contributed by atoms with Crippen molar-refractivity contribution in [2.75, 3.05) is 0 Å². The molecule has 3 heteroatoms. The Morgan fingerprint density at radius 3 is 3.00 bits per heavy atom. The number of carbonyl (C=O) groups excluding carboxylic acids is 1. The molecule has 2 nitrogen and oxygen atoms in total. The molecule has 0 aromatic rings. The predicted molar refractivity (Wildman–Crippen MR) is 36.2 cm³/mol. The van der Waals surface area contributed by atoms with Crippen LogP contribution in [0.15, 0.2) is 22.1 Å². The normalized spacial score (nSPS) is 14.0. The van der Waals surface area contributed by atoms with Crippen molar-refractivity contribution in [2.45, 2.75) is 0 Å². The van der Waals surface area contributed by atoms with E-state index in [9.17, 15) is 4.79 Å². The maximum absolute atomic E-state index is 9.80. The average Bonchev–Trinajstić information content (AvgIpc) is 1.91. The van der Waals surface area contributed by atoms with Crippen LogP contribution in [-0.2, 0) is 9.53 Å². The molecule has 1 rings (SSSR count). The van der Waals surface area contributed by atoms with Crippen molar-refractivity contribution in [3.63, 3.8) is 0 Å². The van der Waals surface area contributed by atoms with Crippen LogP contribution in [0.4, 0.5) is 0 Å². The topological polar surface area (TPSA) is 26.3 Å². The predicted octanol–water partition coefficient (Wildman–Crippen LogP) is 0.0770. The van der Waals surface area contributed by atoms with E-state index in [1.54, 1.807) is 0 Å². The number of hydrogen-bond acceptors (Lipinski definition) is 2. The second-order valence-electron chi connectivity index (χ2n) is 1.53. The van der Waals surface area contributed by atoms with Gasteiger partial charge < -0.3 is 0 Å². The summed E-state index contributed by atoms with van der Waals surface area (Å²) in [4.78, 5) is 9.80. The van der Waals surface area contributed by atoms with Gasteiger partial charge in [0.15, 0.2) is 0 Å². The van der Waals surface area contributed by atoms with Gasteiger partial charge in [-0.1, -0.05) is 0 Å². The molecule has 0 unspecified atom stereocenters. The second kappa shape index (κ2) is 3.67. The van der Waals surface area contributed by atoms with E-state index in [0.29, 0.717) is 6.47 Å². The summed E-state index contributed by atoms with van der Waals surface area (Å²) < 4.78 is 7.68. The van der Waals surface area contributed by atoms with Crippen molar-refractivity contribution < 1.29 is 9.53 Å². The summed E-state index contributed by atoms with van der Waals surface area (Å²) in [6, 6.07) is 0. The first-order chi connectivity index (χ1) is 4.43. The van der Waals surface area contributed by atoms with Crippen molar-refractivity contribution in [1.29, 1.82) is 0 Å². The summed E-state index contributed by atoms with van der Waals surface area (Å²) in [7, 11) is 0. The summed E-state index contributed by atoms with van der Waals surface area (Å²) in [5.74, 6) is 0. The van der Waals surface area contributed by atoms with Gasteiger partial charge in [-0.05, 0) is 0 Å². The van der Waals surface area contributed by atoms with E-state index >= 15 is 0 Å². The minimum absolute atomic E-state index is 0.491. The van der Waals surface area contributed by atoms with Crippen LogP contribution >= 0.6 is 0 Å². The molecule has 1 aliphatic rings. The number of allylic oxidation sites excluding steroid dienone is 2. The Kier molecular flexibility index (Phi) is 2.77. The Labute approximate surface area is 64.0 Å². The zero-order valence-electron chi connectivity index (χ0n) is 4.78.